The van der Waals surface area contributed by atoms with Crippen LogP contribution in [0.2, 0.25) is 0 Å². The number of para-hydroxylation sites is 2. The fourth-order valence-corrected chi connectivity index (χ4v) is 3.82. The summed E-state index contributed by atoms with van der Waals surface area (Å²) in [5.74, 6) is 0.518. The van der Waals surface area contributed by atoms with Gasteiger partial charge in [0.15, 0.2) is 0 Å². The van der Waals surface area contributed by atoms with Crippen molar-refractivity contribution in [2.24, 2.45) is 0 Å². The zero-order valence-electron chi connectivity index (χ0n) is 18.0. The maximum Gasteiger partial charge on any atom is 0.258 e. The molecule has 0 unspecified atom stereocenters. The lowest BCUT2D eigenvalue weighted by molar-refractivity contribution is 0.0950. The summed E-state index contributed by atoms with van der Waals surface area (Å²) in [7, 11) is 1.66. The van der Waals surface area contributed by atoms with Crippen LogP contribution in [-0.2, 0) is 17.8 Å². The van der Waals surface area contributed by atoms with Gasteiger partial charge in [-0.05, 0) is 32.0 Å². The first kappa shape index (κ1) is 20.8. The van der Waals surface area contributed by atoms with Crippen LogP contribution in [0.4, 0.5) is 0 Å². The maximum atomic E-state index is 13.2. The predicted octanol–water partition coefficient (Wildman–Crippen LogP) is 3.51. The first-order valence-electron chi connectivity index (χ1n) is 10.4. The average Bonchev–Trinajstić information content (AvgIpc) is 3.13. The van der Waals surface area contributed by atoms with Gasteiger partial charge in [-0.3, -0.25) is 9.59 Å². The largest absolute Gasteiger partial charge is 0.383 e. The van der Waals surface area contributed by atoms with Crippen molar-refractivity contribution >= 4 is 27.7 Å². The zero-order chi connectivity index (χ0) is 22.0. The number of carbonyl (C=O) groups is 1. The summed E-state index contributed by atoms with van der Waals surface area (Å²) in [4.78, 5) is 30.6. The maximum absolute atomic E-state index is 13.2. The van der Waals surface area contributed by atoms with Gasteiger partial charge in [0.2, 0.25) is 0 Å². The second-order valence-corrected chi connectivity index (χ2v) is 7.74. The lowest BCUT2D eigenvalue weighted by Crippen LogP contribution is -2.29. The van der Waals surface area contributed by atoms with E-state index >= 15 is 0 Å². The third-order valence-electron chi connectivity index (χ3n) is 5.41. The number of imidazole rings is 1. The van der Waals surface area contributed by atoms with E-state index in [9.17, 15) is 9.59 Å². The lowest BCUT2D eigenvalue weighted by atomic mass is 10.1. The molecule has 4 aromatic rings. The molecule has 2 aromatic carbocycles. The number of fused-ring (bicyclic) bond motifs is 2. The Labute approximate surface area is 180 Å². The number of ether oxygens (including phenoxy) is 1. The molecule has 7 nitrogen and oxygen atoms in total. The fourth-order valence-electron chi connectivity index (χ4n) is 3.82. The Morgan fingerprint density at radius 2 is 1.81 bits per heavy atom. The lowest BCUT2D eigenvalue weighted by Gasteiger charge is -2.15. The van der Waals surface area contributed by atoms with Gasteiger partial charge in [0, 0.05) is 36.7 Å². The Morgan fingerprint density at radius 3 is 2.55 bits per heavy atom. The molecular formula is C24H26N4O3. The third kappa shape index (κ3) is 3.96. The zero-order valence-corrected chi connectivity index (χ0v) is 18.0. The highest BCUT2D eigenvalue weighted by atomic mass is 16.5. The fraction of sp³-hybridized carbons (Fsp3) is 0.292. The number of rotatable bonds is 7. The molecule has 0 saturated heterocycles. The molecule has 0 bridgehead atoms. The normalized spacial score (nSPS) is 11.5. The van der Waals surface area contributed by atoms with Crippen molar-refractivity contribution in [2.75, 3.05) is 13.7 Å². The van der Waals surface area contributed by atoms with Gasteiger partial charge in [-0.1, -0.05) is 30.3 Å². The minimum absolute atomic E-state index is 0.0538. The highest BCUT2D eigenvalue weighted by Gasteiger charge is 2.17. The number of aromatic nitrogens is 3. The van der Waals surface area contributed by atoms with Crippen LogP contribution in [0.15, 0.2) is 59.5 Å². The van der Waals surface area contributed by atoms with Crippen LogP contribution in [0.1, 0.15) is 36.1 Å². The summed E-state index contributed by atoms with van der Waals surface area (Å²) in [5, 5.41) is 4.18. The number of nitrogens with zero attached hydrogens (tertiary/aromatic N) is 3. The molecule has 2 aromatic heterocycles. The van der Waals surface area contributed by atoms with Gasteiger partial charge in [-0.2, -0.15) is 0 Å². The number of methoxy groups -OCH3 is 1. The summed E-state index contributed by atoms with van der Waals surface area (Å²) in [6.45, 7) is 5.31. The van der Waals surface area contributed by atoms with E-state index in [-0.39, 0.29) is 24.1 Å². The Morgan fingerprint density at radius 1 is 1.10 bits per heavy atom. The van der Waals surface area contributed by atoms with E-state index in [1.807, 2.05) is 56.3 Å². The molecule has 0 radical (unpaired) electrons. The van der Waals surface area contributed by atoms with Gasteiger partial charge in [0.05, 0.1) is 29.7 Å². The van der Waals surface area contributed by atoms with E-state index in [0.29, 0.717) is 29.5 Å². The summed E-state index contributed by atoms with van der Waals surface area (Å²) < 4.78 is 8.90. The highest BCUT2D eigenvalue weighted by molar-refractivity contribution is 6.06. The first-order chi connectivity index (χ1) is 15.0. The number of hydrogen-bond acceptors (Lipinski definition) is 4. The molecule has 1 amide bonds. The second-order valence-electron chi connectivity index (χ2n) is 7.74. The van der Waals surface area contributed by atoms with Crippen molar-refractivity contribution in [3.05, 3.63) is 76.5 Å². The molecule has 31 heavy (non-hydrogen) atoms. The van der Waals surface area contributed by atoms with Gasteiger partial charge in [0.1, 0.15) is 5.82 Å². The Balaban J connectivity index is 1.68. The number of nitrogens with one attached hydrogen (secondary N) is 1. The molecule has 0 saturated carbocycles. The van der Waals surface area contributed by atoms with E-state index in [0.717, 1.165) is 16.9 Å². The van der Waals surface area contributed by atoms with E-state index in [4.69, 9.17) is 9.72 Å². The average molecular weight is 418 g/mol. The molecule has 0 fully saturated rings. The van der Waals surface area contributed by atoms with Crippen molar-refractivity contribution in [3.8, 4) is 0 Å². The molecule has 0 aliphatic carbocycles. The molecule has 0 spiro atoms. The Bertz CT molecular complexity index is 1300. The number of carbonyl (C=O) groups excluding carboxylic acids is 1. The molecule has 1 N–H and O–H groups in total. The van der Waals surface area contributed by atoms with E-state index in [1.165, 1.54) is 0 Å². The van der Waals surface area contributed by atoms with Crippen molar-refractivity contribution in [2.45, 2.75) is 33.0 Å². The van der Waals surface area contributed by atoms with Crippen LogP contribution >= 0.6 is 0 Å². The molecule has 7 heteroatoms. The van der Waals surface area contributed by atoms with E-state index < -0.39 is 0 Å². The number of pyridine rings is 1. The monoisotopic (exact) mass is 418 g/mol. The van der Waals surface area contributed by atoms with Gasteiger partial charge in [-0.25, -0.2) is 4.98 Å². The highest BCUT2D eigenvalue weighted by Crippen LogP contribution is 2.19. The van der Waals surface area contributed by atoms with Crippen LogP contribution in [0.5, 0.6) is 0 Å². The molecule has 0 aliphatic heterocycles. The van der Waals surface area contributed by atoms with Crippen molar-refractivity contribution in [3.63, 3.8) is 0 Å². The quantitative estimate of drug-likeness (QED) is 0.498. The van der Waals surface area contributed by atoms with Crippen molar-refractivity contribution in [1.29, 1.82) is 0 Å². The SMILES string of the molecule is COCCn1c(CNC(=O)c2cn(C(C)C)c(=O)c3ccccc23)nc2ccccc21. The van der Waals surface area contributed by atoms with E-state index in [2.05, 4.69) is 9.88 Å². The molecular weight excluding hydrogens is 392 g/mol. The van der Waals surface area contributed by atoms with E-state index in [1.54, 1.807) is 23.9 Å². The van der Waals surface area contributed by atoms with Gasteiger partial charge in [0.25, 0.3) is 11.5 Å². The van der Waals surface area contributed by atoms with Crippen LogP contribution in [0, 0.1) is 0 Å². The molecule has 4 rings (SSSR count). The number of amides is 1. The van der Waals surface area contributed by atoms with Gasteiger partial charge < -0.3 is 19.2 Å². The van der Waals surface area contributed by atoms with Crippen molar-refractivity contribution < 1.29 is 9.53 Å². The Hall–Kier alpha value is -3.45. The minimum atomic E-state index is -0.240. The molecule has 160 valence electrons. The predicted molar refractivity (Wildman–Crippen MR) is 121 cm³/mol. The molecule has 2 heterocycles. The van der Waals surface area contributed by atoms with Gasteiger partial charge in [-0.15, -0.1) is 0 Å². The van der Waals surface area contributed by atoms with Gasteiger partial charge >= 0.3 is 0 Å². The topological polar surface area (TPSA) is 78.1 Å². The van der Waals surface area contributed by atoms with Crippen LogP contribution in [0.3, 0.4) is 0 Å². The third-order valence-corrected chi connectivity index (χ3v) is 5.41. The summed E-state index contributed by atoms with van der Waals surface area (Å²) in [6, 6.07) is 15.0. The summed E-state index contributed by atoms with van der Waals surface area (Å²) in [5.41, 5.74) is 2.26. The number of benzene rings is 2. The standard InChI is InChI=1S/C24H26N4O3/c1-16(2)28-15-19(17-8-4-5-9-18(17)24(28)30)23(29)25-14-22-26-20-10-6-7-11-21(20)27(22)12-13-31-3/h4-11,15-16H,12-14H2,1-3H3,(H,25,29). The summed E-state index contributed by atoms with van der Waals surface area (Å²) in [6.07, 6.45) is 1.65. The number of hydrogen-bond donors (Lipinski definition) is 1. The van der Waals surface area contributed by atoms with Crippen LogP contribution < -0.4 is 10.9 Å². The minimum Gasteiger partial charge on any atom is -0.383 e. The Kier molecular flexibility index (Phi) is 5.86. The van der Waals surface area contributed by atoms with Crippen molar-refractivity contribution in [1.82, 2.24) is 19.4 Å². The first-order valence-corrected chi connectivity index (χ1v) is 10.4. The smallest absolute Gasteiger partial charge is 0.258 e. The van der Waals surface area contributed by atoms with Crippen LogP contribution in [-0.4, -0.2) is 33.7 Å². The molecule has 0 aliphatic rings. The molecule has 0 atom stereocenters. The second kappa shape index (κ2) is 8.73. The summed E-state index contributed by atoms with van der Waals surface area (Å²) >= 11 is 0. The van der Waals surface area contributed by atoms with Crippen LogP contribution in [0.25, 0.3) is 21.8 Å².